The van der Waals surface area contributed by atoms with E-state index in [1.54, 1.807) is 32.4 Å². The van der Waals surface area contributed by atoms with Gasteiger partial charge in [0.1, 0.15) is 0 Å². The normalized spacial score (nSPS) is 14.5. The van der Waals surface area contributed by atoms with Crippen molar-refractivity contribution in [2.24, 2.45) is 4.99 Å². The molecule has 1 aliphatic heterocycles. The second-order valence-corrected chi connectivity index (χ2v) is 6.39. The number of carbonyl (C=O) groups excluding carboxylic acids is 1. The minimum absolute atomic E-state index is 0.236. The van der Waals surface area contributed by atoms with Crippen LogP contribution in [0.1, 0.15) is 11.1 Å². The third-order valence-corrected chi connectivity index (χ3v) is 4.57. The van der Waals surface area contributed by atoms with Gasteiger partial charge in [-0.25, -0.2) is 9.79 Å². The van der Waals surface area contributed by atoms with Crippen molar-refractivity contribution in [1.82, 2.24) is 0 Å². The molecule has 0 aromatic heterocycles. The first kappa shape index (κ1) is 18.5. The summed E-state index contributed by atoms with van der Waals surface area (Å²) in [6.07, 6.45) is 1.66. The van der Waals surface area contributed by atoms with Crippen LogP contribution in [0.3, 0.4) is 0 Å². The van der Waals surface area contributed by atoms with Crippen molar-refractivity contribution in [2.75, 3.05) is 14.2 Å². The lowest BCUT2D eigenvalue weighted by atomic mass is 10.0. The van der Waals surface area contributed by atoms with Crippen LogP contribution in [0.25, 0.3) is 17.2 Å². The number of methoxy groups -OCH3 is 2. The smallest absolute Gasteiger partial charge is 0.363 e. The Bertz CT molecular complexity index is 1100. The Labute approximate surface area is 168 Å². The van der Waals surface area contributed by atoms with E-state index < -0.39 is 5.97 Å². The van der Waals surface area contributed by atoms with Crippen LogP contribution in [0.4, 0.5) is 0 Å². The Hall–Kier alpha value is -3.86. The van der Waals surface area contributed by atoms with Gasteiger partial charge in [0.05, 0.1) is 14.2 Å². The Morgan fingerprint density at radius 3 is 2.14 bits per heavy atom. The molecule has 0 N–H and O–H groups in total. The summed E-state index contributed by atoms with van der Waals surface area (Å²) in [5.74, 6) is 1.00. The van der Waals surface area contributed by atoms with Gasteiger partial charge in [0.25, 0.3) is 0 Å². The van der Waals surface area contributed by atoms with Crippen LogP contribution in [0, 0.1) is 0 Å². The van der Waals surface area contributed by atoms with Gasteiger partial charge in [-0.05, 0) is 47.0 Å². The number of benzene rings is 3. The zero-order valence-electron chi connectivity index (χ0n) is 16.1. The minimum Gasteiger partial charge on any atom is -0.493 e. The average molecular weight is 385 g/mol. The van der Waals surface area contributed by atoms with Gasteiger partial charge >= 0.3 is 5.97 Å². The molecule has 0 unspecified atom stereocenters. The van der Waals surface area contributed by atoms with Gasteiger partial charge < -0.3 is 14.2 Å². The predicted molar refractivity (Wildman–Crippen MR) is 112 cm³/mol. The lowest BCUT2D eigenvalue weighted by molar-refractivity contribution is -0.129. The molecule has 29 heavy (non-hydrogen) atoms. The summed E-state index contributed by atoms with van der Waals surface area (Å²) < 4.78 is 15.9. The highest BCUT2D eigenvalue weighted by molar-refractivity contribution is 6.13. The lowest BCUT2D eigenvalue weighted by Gasteiger charge is -2.07. The molecule has 5 nitrogen and oxygen atoms in total. The van der Waals surface area contributed by atoms with Crippen LogP contribution >= 0.6 is 0 Å². The fraction of sp³-hybridized carbons (Fsp3) is 0.0833. The van der Waals surface area contributed by atoms with Crippen molar-refractivity contribution in [2.45, 2.75) is 0 Å². The van der Waals surface area contributed by atoms with Crippen LogP contribution in [-0.2, 0) is 9.53 Å². The molecule has 0 atom stereocenters. The van der Waals surface area contributed by atoms with Crippen LogP contribution in [0.2, 0.25) is 0 Å². The molecule has 0 bridgehead atoms. The molecule has 4 rings (SSSR count). The van der Waals surface area contributed by atoms with E-state index in [2.05, 4.69) is 4.99 Å². The number of ether oxygens (including phenoxy) is 3. The zero-order chi connectivity index (χ0) is 20.2. The van der Waals surface area contributed by atoms with Crippen molar-refractivity contribution < 1.29 is 19.0 Å². The van der Waals surface area contributed by atoms with Gasteiger partial charge in [-0.1, -0.05) is 48.5 Å². The first-order valence-electron chi connectivity index (χ1n) is 9.08. The molecule has 1 aliphatic rings. The van der Waals surface area contributed by atoms with Gasteiger partial charge in [0.15, 0.2) is 17.2 Å². The summed E-state index contributed by atoms with van der Waals surface area (Å²) >= 11 is 0. The van der Waals surface area contributed by atoms with Crippen molar-refractivity contribution in [3.8, 4) is 22.6 Å². The van der Waals surface area contributed by atoms with Crippen LogP contribution in [-0.4, -0.2) is 26.1 Å². The SMILES string of the molecule is COc1ccc(C=C2N=C(c3ccc(-c4ccccc4)cc3)OC2=O)cc1OC. The molecule has 0 fully saturated rings. The summed E-state index contributed by atoms with van der Waals surface area (Å²) in [5, 5.41) is 0. The molecule has 0 saturated heterocycles. The van der Waals surface area contributed by atoms with E-state index in [4.69, 9.17) is 14.2 Å². The highest BCUT2D eigenvalue weighted by Crippen LogP contribution is 2.29. The summed E-state index contributed by atoms with van der Waals surface area (Å²) in [6.45, 7) is 0. The van der Waals surface area contributed by atoms with Gasteiger partial charge in [-0.15, -0.1) is 0 Å². The standard InChI is InChI=1S/C24H19NO4/c1-27-21-13-8-16(15-22(21)28-2)14-20-24(26)29-23(25-20)19-11-9-18(10-12-19)17-6-4-3-5-7-17/h3-15H,1-2H3. The maximum atomic E-state index is 12.3. The fourth-order valence-electron chi connectivity index (χ4n) is 3.07. The molecule has 0 spiro atoms. The maximum absolute atomic E-state index is 12.3. The van der Waals surface area contributed by atoms with E-state index >= 15 is 0 Å². The third kappa shape index (κ3) is 3.89. The van der Waals surface area contributed by atoms with Crippen molar-refractivity contribution >= 4 is 17.9 Å². The number of cyclic esters (lactones) is 1. The summed E-state index contributed by atoms with van der Waals surface area (Å²) in [4.78, 5) is 16.6. The number of rotatable bonds is 5. The Balaban J connectivity index is 1.60. The molecule has 0 amide bonds. The maximum Gasteiger partial charge on any atom is 0.363 e. The molecule has 0 saturated carbocycles. The predicted octanol–water partition coefficient (Wildman–Crippen LogP) is 4.72. The summed E-state index contributed by atoms with van der Waals surface area (Å²) in [5.41, 5.74) is 3.95. The number of esters is 1. The first-order valence-corrected chi connectivity index (χ1v) is 9.08. The highest BCUT2D eigenvalue weighted by atomic mass is 16.6. The topological polar surface area (TPSA) is 57.1 Å². The van der Waals surface area contributed by atoms with E-state index in [-0.39, 0.29) is 5.70 Å². The second-order valence-electron chi connectivity index (χ2n) is 6.39. The summed E-state index contributed by atoms with van der Waals surface area (Å²) in [7, 11) is 3.14. The van der Waals surface area contributed by atoms with E-state index in [0.29, 0.717) is 17.4 Å². The molecule has 1 heterocycles. The molecular weight excluding hydrogens is 366 g/mol. The molecular formula is C24H19NO4. The second kappa shape index (κ2) is 8.02. The van der Waals surface area contributed by atoms with E-state index in [1.807, 2.05) is 60.7 Å². The van der Waals surface area contributed by atoms with Crippen LogP contribution in [0.5, 0.6) is 11.5 Å². The largest absolute Gasteiger partial charge is 0.493 e. The average Bonchev–Trinajstić information content (AvgIpc) is 3.14. The van der Waals surface area contributed by atoms with Gasteiger partial charge in [0.2, 0.25) is 5.90 Å². The molecule has 3 aromatic rings. The third-order valence-electron chi connectivity index (χ3n) is 4.57. The van der Waals surface area contributed by atoms with Crippen LogP contribution in [0.15, 0.2) is 83.5 Å². The minimum atomic E-state index is -0.484. The quantitative estimate of drug-likeness (QED) is 0.471. The number of nitrogens with zero attached hydrogens (tertiary/aromatic N) is 1. The van der Waals surface area contributed by atoms with Gasteiger partial charge in [0, 0.05) is 5.56 Å². The lowest BCUT2D eigenvalue weighted by Crippen LogP contribution is -2.05. The Morgan fingerprint density at radius 1 is 0.793 bits per heavy atom. The van der Waals surface area contributed by atoms with Crippen molar-refractivity contribution in [1.29, 1.82) is 0 Å². The summed E-state index contributed by atoms with van der Waals surface area (Å²) in [6, 6.07) is 23.2. The zero-order valence-corrected chi connectivity index (χ0v) is 16.1. The van der Waals surface area contributed by atoms with Gasteiger partial charge in [-0.2, -0.15) is 0 Å². The van der Waals surface area contributed by atoms with Crippen molar-refractivity contribution in [3.05, 3.63) is 89.6 Å². The molecule has 144 valence electrons. The molecule has 3 aromatic carbocycles. The molecule has 0 radical (unpaired) electrons. The fourth-order valence-corrected chi connectivity index (χ4v) is 3.07. The number of hydrogen-bond donors (Lipinski definition) is 0. The van der Waals surface area contributed by atoms with Crippen molar-refractivity contribution in [3.63, 3.8) is 0 Å². The number of hydrogen-bond acceptors (Lipinski definition) is 5. The Morgan fingerprint density at radius 2 is 1.45 bits per heavy atom. The molecule has 5 heteroatoms. The van der Waals surface area contributed by atoms with E-state index in [1.165, 1.54) is 0 Å². The van der Waals surface area contributed by atoms with E-state index in [9.17, 15) is 4.79 Å². The first-order chi connectivity index (χ1) is 14.2. The number of aliphatic imine (C=N–C) groups is 1. The molecule has 0 aliphatic carbocycles. The highest BCUT2D eigenvalue weighted by Gasteiger charge is 2.24. The van der Waals surface area contributed by atoms with Gasteiger partial charge in [-0.3, -0.25) is 0 Å². The number of carbonyl (C=O) groups is 1. The van der Waals surface area contributed by atoms with Crippen LogP contribution < -0.4 is 9.47 Å². The Kier molecular flexibility index (Phi) is 5.12. The van der Waals surface area contributed by atoms with E-state index in [0.717, 1.165) is 22.3 Å². The monoisotopic (exact) mass is 385 g/mol.